The van der Waals surface area contributed by atoms with Gasteiger partial charge >= 0.3 is 5.97 Å². The van der Waals surface area contributed by atoms with Crippen molar-refractivity contribution < 1.29 is 9.53 Å². The number of carbonyl (C=O) groups is 1. The topological polar surface area (TPSA) is 72.1 Å². The molecular formula is C11H9IN2O3. The molecule has 0 aromatic carbocycles. The average molecular weight is 344 g/mol. The fourth-order valence-corrected chi connectivity index (χ4v) is 1.89. The lowest BCUT2D eigenvalue weighted by molar-refractivity contribution is 0.0524. The Balaban J connectivity index is 2.65. The zero-order valence-electron chi connectivity index (χ0n) is 8.99. The van der Waals surface area contributed by atoms with E-state index >= 15 is 0 Å². The molecule has 1 N–H and O–H groups in total. The molecule has 17 heavy (non-hydrogen) atoms. The fraction of sp³-hybridized carbons (Fsp3) is 0.182. The molecule has 0 bridgehead atoms. The molecule has 2 aromatic rings. The van der Waals surface area contributed by atoms with Crippen LogP contribution in [0.2, 0.25) is 0 Å². The van der Waals surface area contributed by atoms with Crippen LogP contribution in [0.1, 0.15) is 17.3 Å². The van der Waals surface area contributed by atoms with Crippen molar-refractivity contribution >= 4 is 39.6 Å². The van der Waals surface area contributed by atoms with Gasteiger partial charge in [0, 0.05) is 16.0 Å². The van der Waals surface area contributed by atoms with Gasteiger partial charge in [-0.2, -0.15) is 0 Å². The van der Waals surface area contributed by atoms with E-state index in [0.717, 1.165) is 3.57 Å². The van der Waals surface area contributed by atoms with Gasteiger partial charge in [-0.25, -0.2) is 9.78 Å². The molecule has 2 rings (SSSR count). The SMILES string of the molecule is CCOC(=O)c1c[nH]c2ncc(I)cc2c1=O. The number of ether oxygens (including phenoxy) is 1. The van der Waals surface area contributed by atoms with Crippen LogP contribution >= 0.6 is 22.6 Å². The molecule has 2 aromatic heterocycles. The van der Waals surface area contributed by atoms with Gasteiger partial charge < -0.3 is 9.72 Å². The van der Waals surface area contributed by atoms with Crippen molar-refractivity contribution in [2.75, 3.05) is 6.61 Å². The van der Waals surface area contributed by atoms with Crippen molar-refractivity contribution in [3.63, 3.8) is 0 Å². The minimum Gasteiger partial charge on any atom is -0.462 e. The van der Waals surface area contributed by atoms with E-state index in [1.165, 1.54) is 6.20 Å². The van der Waals surface area contributed by atoms with Gasteiger partial charge in [0.25, 0.3) is 0 Å². The van der Waals surface area contributed by atoms with Crippen molar-refractivity contribution in [1.82, 2.24) is 9.97 Å². The largest absolute Gasteiger partial charge is 0.462 e. The molecule has 5 nitrogen and oxygen atoms in total. The van der Waals surface area contributed by atoms with Crippen molar-refractivity contribution in [2.24, 2.45) is 0 Å². The Morgan fingerprint density at radius 3 is 3.06 bits per heavy atom. The second kappa shape index (κ2) is 4.82. The second-order valence-corrected chi connectivity index (χ2v) is 4.55. The Labute approximate surface area is 110 Å². The van der Waals surface area contributed by atoms with Crippen LogP contribution in [0.25, 0.3) is 11.0 Å². The summed E-state index contributed by atoms with van der Waals surface area (Å²) < 4.78 is 5.64. The number of aromatic nitrogens is 2. The van der Waals surface area contributed by atoms with Crippen LogP contribution in [0, 0.1) is 3.57 Å². The van der Waals surface area contributed by atoms with Crippen LogP contribution in [-0.4, -0.2) is 22.5 Å². The summed E-state index contributed by atoms with van der Waals surface area (Å²) >= 11 is 2.06. The van der Waals surface area contributed by atoms with Crippen LogP contribution in [0.15, 0.2) is 23.3 Å². The minimum absolute atomic E-state index is 0.00292. The maximum atomic E-state index is 12.0. The summed E-state index contributed by atoms with van der Waals surface area (Å²) in [5.74, 6) is -0.616. The quantitative estimate of drug-likeness (QED) is 0.665. The number of halogens is 1. The molecule has 0 aliphatic rings. The molecule has 0 aliphatic carbocycles. The molecule has 88 valence electrons. The molecule has 0 fully saturated rings. The van der Waals surface area contributed by atoms with E-state index in [2.05, 4.69) is 32.6 Å². The highest BCUT2D eigenvalue weighted by molar-refractivity contribution is 14.1. The maximum Gasteiger partial charge on any atom is 0.343 e. The van der Waals surface area contributed by atoms with Gasteiger partial charge in [0.15, 0.2) is 0 Å². The number of hydrogen-bond donors (Lipinski definition) is 1. The van der Waals surface area contributed by atoms with Gasteiger partial charge in [0.1, 0.15) is 11.2 Å². The molecule has 6 heteroatoms. The molecule has 0 aliphatic heterocycles. The van der Waals surface area contributed by atoms with Gasteiger partial charge in [0.05, 0.1) is 12.0 Å². The number of pyridine rings is 2. The first kappa shape index (κ1) is 12.0. The third-order valence-electron chi connectivity index (χ3n) is 2.19. The predicted molar refractivity (Wildman–Crippen MR) is 71.0 cm³/mol. The summed E-state index contributed by atoms with van der Waals surface area (Å²) in [7, 11) is 0. The summed E-state index contributed by atoms with van der Waals surface area (Å²) in [5.41, 5.74) is 0.106. The van der Waals surface area contributed by atoms with Crippen LogP contribution in [0.5, 0.6) is 0 Å². The van der Waals surface area contributed by atoms with Crippen molar-refractivity contribution in [2.45, 2.75) is 6.92 Å². The average Bonchev–Trinajstić information content (AvgIpc) is 2.30. The number of rotatable bonds is 2. The molecular weight excluding hydrogens is 335 g/mol. The maximum absolute atomic E-state index is 12.0. The Morgan fingerprint density at radius 1 is 1.59 bits per heavy atom. The van der Waals surface area contributed by atoms with Gasteiger partial charge in [-0.05, 0) is 35.6 Å². The van der Waals surface area contributed by atoms with Gasteiger partial charge in [0.2, 0.25) is 5.43 Å². The molecule has 0 atom stereocenters. The lowest BCUT2D eigenvalue weighted by Crippen LogP contribution is -2.18. The summed E-state index contributed by atoms with van der Waals surface area (Å²) in [6.07, 6.45) is 2.98. The van der Waals surface area contributed by atoms with E-state index in [4.69, 9.17) is 4.74 Å². The molecule has 0 saturated carbocycles. The highest BCUT2D eigenvalue weighted by Gasteiger charge is 2.14. The molecule has 2 heterocycles. The first-order chi connectivity index (χ1) is 8.13. The van der Waals surface area contributed by atoms with Crippen molar-refractivity contribution in [3.05, 3.63) is 37.8 Å². The van der Waals surface area contributed by atoms with Crippen LogP contribution in [0.3, 0.4) is 0 Å². The Kier molecular flexibility index (Phi) is 3.41. The lowest BCUT2D eigenvalue weighted by Gasteiger charge is -2.02. The van der Waals surface area contributed by atoms with Gasteiger partial charge in [-0.1, -0.05) is 0 Å². The summed E-state index contributed by atoms with van der Waals surface area (Å²) in [6.45, 7) is 1.93. The van der Waals surface area contributed by atoms with E-state index in [1.54, 1.807) is 19.2 Å². The zero-order valence-corrected chi connectivity index (χ0v) is 11.1. The smallest absolute Gasteiger partial charge is 0.343 e. The van der Waals surface area contributed by atoms with E-state index < -0.39 is 5.97 Å². The van der Waals surface area contributed by atoms with Crippen LogP contribution < -0.4 is 5.43 Å². The molecule has 0 radical (unpaired) electrons. The summed E-state index contributed by atoms with van der Waals surface area (Å²) in [5, 5.41) is 0.391. The Bertz CT molecular complexity index is 636. The van der Waals surface area contributed by atoms with Gasteiger partial charge in [-0.15, -0.1) is 0 Å². The number of aromatic amines is 1. The summed E-state index contributed by atoms with van der Waals surface area (Å²) in [6, 6.07) is 1.68. The molecule has 0 saturated heterocycles. The lowest BCUT2D eigenvalue weighted by atomic mass is 10.2. The monoisotopic (exact) mass is 344 g/mol. The minimum atomic E-state index is -0.616. The predicted octanol–water partition coefficient (Wildman–Crippen LogP) is 1.70. The zero-order chi connectivity index (χ0) is 12.4. The Morgan fingerprint density at radius 2 is 2.35 bits per heavy atom. The molecule has 0 unspecified atom stereocenters. The highest BCUT2D eigenvalue weighted by Crippen LogP contribution is 2.10. The van der Waals surface area contributed by atoms with E-state index in [-0.39, 0.29) is 17.6 Å². The van der Waals surface area contributed by atoms with Crippen LogP contribution in [-0.2, 0) is 4.74 Å². The Hall–Kier alpha value is -1.44. The van der Waals surface area contributed by atoms with E-state index in [1.807, 2.05) is 0 Å². The summed E-state index contributed by atoms with van der Waals surface area (Å²) in [4.78, 5) is 30.4. The third kappa shape index (κ3) is 2.31. The first-order valence-corrected chi connectivity index (χ1v) is 6.05. The van der Waals surface area contributed by atoms with E-state index in [0.29, 0.717) is 11.0 Å². The first-order valence-electron chi connectivity index (χ1n) is 4.97. The highest BCUT2D eigenvalue weighted by atomic mass is 127. The number of fused-ring (bicyclic) bond motifs is 1. The van der Waals surface area contributed by atoms with Crippen molar-refractivity contribution in [1.29, 1.82) is 0 Å². The number of esters is 1. The standard InChI is InChI=1S/C11H9IN2O3/c1-2-17-11(16)8-5-14-10-7(9(8)15)3-6(12)4-13-10/h3-5H,2H2,1H3,(H,13,14,15). The number of carbonyl (C=O) groups excluding carboxylic acids is 1. The fourth-order valence-electron chi connectivity index (χ4n) is 1.44. The number of H-pyrrole nitrogens is 1. The second-order valence-electron chi connectivity index (χ2n) is 3.30. The normalized spacial score (nSPS) is 10.5. The van der Waals surface area contributed by atoms with Crippen LogP contribution in [0.4, 0.5) is 0 Å². The van der Waals surface area contributed by atoms with E-state index in [9.17, 15) is 9.59 Å². The van der Waals surface area contributed by atoms with Gasteiger partial charge in [-0.3, -0.25) is 4.79 Å². The number of nitrogens with one attached hydrogen (secondary N) is 1. The molecule has 0 spiro atoms. The van der Waals surface area contributed by atoms with Crippen molar-refractivity contribution in [3.8, 4) is 0 Å². The molecule has 0 amide bonds. The number of hydrogen-bond acceptors (Lipinski definition) is 4. The number of nitrogens with zero attached hydrogens (tertiary/aromatic N) is 1. The third-order valence-corrected chi connectivity index (χ3v) is 2.78.